The van der Waals surface area contributed by atoms with Crippen LogP contribution in [0.4, 0.5) is 13.2 Å². The molecule has 2 N–H and O–H groups in total. The van der Waals surface area contributed by atoms with Gasteiger partial charge in [0.25, 0.3) is 0 Å². The topological polar surface area (TPSA) is 87.0 Å². The minimum Gasteiger partial charge on any atom is -0.273 e. The molecule has 83 valence electrons. The van der Waals surface area contributed by atoms with Gasteiger partial charge in [-0.3, -0.25) is 10.5 Å². The van der Waals surface area contributed by atoms with Crippen molar-refractivity contribution in [2.24, 2.45) is 0 Å². The second-order valence-electron chi connectivity index (χ2n) is 2.37. The maximum Gasteiger partial charge on any atom is 0.511 e. The lowest BCUT2D eigenvalue weighted by Crippen LogP contribution is -2.37. The molecule has 0 bridgehead atoms. The number of amides is 1. The van der Waals surface area contributed by atoms with Gasteiger partial charge < -0.3 is 0 Å². The quantitative estimate of drug-likeness (QED) is 0.679. The molecule has 0 saturated heterocycles. The zero-order chi connectivity index (χ0) is 11.4. The van der Waals surface area contributed by atoms with Crippen LogP contribution in [0, 0.1) is 0 Å². The van der Waals surface area contributed by atoms with Crippen LogP contribution in [-0.2, 0) is 14.8 Å². The first-order valence-corrected chi connectivity index (χ1v) is 4.95. The summed E-state index contributed by atoms with van der Waals surface area (Å²) in [7, 11) is -5.32. The van der Waals surface area contributed by atoms with Crippen molar-refractivity contribution >= 4 is 15.9 Å². The van der Waals surface area contributed by atoms with Crippen LogP contribution in [0.1, 0.15) is 12.8 Å². The van der Waals surface area contributed by atoms with Crippen molar-refractivity contribution in [1.82, 2.24) is 10.5 Å². The first-order chi connectivity index (χ1) is 6.17. The first kappa shape index (κ1) is 13.2. The predicted molar refractivity (Wildman–Crippen MR) is 40.3 cm³/mol. The van der Waals surface area contributed by atoms with Crippen LogP contribution >= 0.6 is 0 Å². The maximum atomic E-state index is 11.7. The van der Waals surface area contributed by atoms with Gasteiger partial charge in [0.15, 0.2) is 0 Å². The maximum absolute atomic E-state index is 11.7. The summed E-state index contributed by atoms with van der Waals surface area (Å²) in [6, 6.07) is 0. The number of halogens is 3. The van der Waals surface area contributed by atoms with E-state index in [0.717, 1.165) is 0 Å². The molecule has 1 radical (unpaired) electrons. The Morgan fingerprint density at radius 3 is 2.21 bits per heavy atom. The third kappa shape index (κ3) is 4.42. The van der Waals surface area contributed by atoms with Gasteiger partial charge in [0.05, 0.1) is 0 Å². The van der Waals surface area contributed by atoms with Crippen LogP contribution in [0.15, 0.2) is 0 Å². The van der Waals surface area contributed by atoms with Crippen LogP contribution in [0.2, 0.25) is 0 Å². The molecule has 0 aliphatic rings. The van der Waals surface area contributed by atoms with E-state index in [1.54, 1.807) is 0 Å². The molecule has 0 aromatic carbocycles. The molecule has 0 fully saturated rings. The third-order valence-corrected chi connectivity index (χ3v) is 2.37. The number of hydrogen-bond acceptors (Lipinski definition) is 3. The zero-order valence-corrected chi connectivity index (χ0v) is 7.70. The molecular formula is C5H8F3N2O3S. The Labute approximate surface area is 78.5 Å². The number of alkyl halides is 3. The number of carbonyl (C=O) groups excluding carboxylic acids is 1. The molecule has 1 amide bonds. The summed E-state index contributed by atoms with van der Waals surface area (Å²) in [6.07, 6.45) is -0.405. The Morgan fingerprint density at radius 2 is 1.86 bits per heavy atom. The highest BCUT2D eigenvalue weighted by Crippen LogP contribution is 2.21. The molecule has 0 aliphatic carbocycles. The monoisotopic (exact) mass is 233 g/mol. The fraction of sp³-hybridized carbons (Fsp3) is 0.800. The zero-order valence-electron chi connectivity index (χ0n) is 6.89. The summed E-state index contributed by atoms with van der Waals surface area (Å²) in [6.45, 7) is -0.507. The van der Waals surface area contributed by atoms with Crippen molar-refractivity contribution in [2.75, 3.05) is 6.54 Å². The summed E-state index contributed by atoms with van der Waals surface area (Å²) < 4.78 is 56.9. The minimum absolute atomic E-state index is 0.127. The molecule has 0 aliphatic heterocycles. The average molecular weight is 233 g/mol. The van der Waals surface area contributed by atoms with Gasteiger partial charge in [-0.25, -0.2) is 13.1 Å². The lowest BCUT2D eigenvalue weighted by Gasteiger charge is -2.08. The van der Waals surface area contributed by atoms with Crippen molar-refractivity contribution in [2.45, 2.75) is 18.3 Å². The summed E-state index contributed by atoms with van der Waals surface area (Å²) >= 11 is 0. The highest BCUT2D eigenvalue weighted by atomic mass is 32.2. The Kier molecular flexibility index (Phi) is 4.33. The van der Waals surface area contributed by atoms with E-state index in [1.807, 2.05) is 0 Å². The smallest absolute Gasteiger partial charge is 0.273 e. The number of sulfonamides is 1. The van der Waals surface area contributed by atoms with Crippen LogP contribution in [0.25, 0.3) is 0 Å². The van der Waals surface area contributed by atoms with Gasteiger partial charge in [0.2, 0.25) is 5.91 Å². The summed E-state index contributed by atoms with van der Waals surface area (Å²) in [5.74, 6) is -0.948. The van der Waals surface area contributed by atoms with E-state index in [1.165, 1.54) is 4.72 Å². The van der Waals surface area contributed by atoms with E-state index in [-0.39, 0.29) is 12.8 Å². The highest BCUT2D eigenvalue weighted by Gasteiger charge is 2.45. The number of rotatable bonds is 5. The van der Waals surface area contributed by atoms with E-state index in [9.17, 15) is 26.4 Å². The predicted octanol–water partition coefficient (Wildman–Crippen LogP) is 0.0153. The molecule has 0 unspecified atom stereocenters. The van der Waals surface area contributed by atoms with E-state index in [2.05, 4.69) is 0 Å². The van der Waals surface area contributed by atoms with Crippen LogP contribution < -0.4 is 10.5 Å². The number of hydrogen-bond donors (Lipinski definition) is 1. The van der Waals surface area contributed by atoms with E-state index in [0.29, 0.717) is 0 Å². The van der Waals surface area contributed by atoms with Gasteiger partial charge in [-0.1, -0.05) is 0 Å². The van der Waals surface area contributed by atoms with Gasteiger partial charge in [-0.05, 0) is 6.42 Å². The van der Waals surface area contributed by atoms with E-state index in [4.69, 9.17) is 5.73 Å². The van der Waals surface area contributed by atoms with Crippen molar-refractivity contribution in [3.63, 3.8) is 0 Å². The van der Waals surface area contributed by atoms with Gasteiger partial charge in [-0.2, -0.15) is 13.2 Å². The van der Waals surface area contributed by atoms with Crippen LogP contribution in [0.5, 0.6) is 0 Å². The van der Waals surface area contributed by atoms with Crippen molar-refractivity contribution in [3.05, 3.63) is 0 Å². The van der Waals surface area contributed by atoms with Crippen LogP contribution in [-0.4, -0.2) is 26.4 Å². The van der Waals surface area contributed by atoms with Crippen molar-refractivity contribution < 1.29 is 26.4 Å². The van der Waals surface area contributed by atoms with E-state index < -0.39 is 28.0 Å². The van der Waals surface area contributed by atoms with Crippen molar-refractivity contribution in [1.29, 1.82) is 0 Å². The largest absolute Gasteiger partial charge is 0.511 e. The Balaban J connectivity index is 3.97. The van der Waals surface area contributed by atoms with Crippen LogP contribution in [0.3, 0.4) is 0 Å². The summed E-state index contributed by atoms with van der Waals surface area (Å²) in [4.78, 5) is 10.0. The van der Waals surface area contributed by atoms with Crippen molar-refractivity contribution in [3.8, 4) is 0 Å². The molecule has 9 heteroatoms. The molecule has 0 saturated carbocycles. The highest BCUT2D eigenvalue weighted by molar-refractivity contribution is 7.90. The fourth-order valence-electron chi connectivity index (χ4n) is 0.537. The normalized spacial score (nSPS) is 12.8. The van der Waals surface area contributed by atoms with E-state index >= 15 is 0 Å². The standard InChI is InChI=1S/C5H8F3N2O3S/c6-5(7,8)14(12,13)10-3-1-2-4(9)11/h9-10H,1-3H2. The van der Waals surface area contributed by atoms with Gasteiger partial charge in [0, 0.05) is 13.0 Å². The Morgan fingerprint density at radius 1 is 1.36 bits per heavy atom. The molecule has 0 spiro atoms. The van der Waals surface area contributed by atoms with Gasteiger partial charge in [0.1, 0.15) is 0 Å². The molecule has 5 nitrogen and oxygen atoms in total. The molecule has 14 heavy (non-hydrogen) atoms. The molecule has 0 atom stereocenters. The molecule has 0 aromatic rings. The van der Waals surface area contributed by atoms with Gasteiger partial charge >= 0.3 is 15.5 Å². The first-order valence-electron chi connectivity index (χ1n) is 3.47. The lowest BCUT2D eigenvalue weighted by atomic mass is 10.3. The second-order valence-corrected chi connectivity index (χ2v) is 4.13. The molecular weight excluding hydrogens is 225 g/mol. The second kappa shape index (κ2) is 4.60. The third-order valence-electron chi connectivity index (χ3n) is 1.18. The lowest BCUT2D eigenvalue weighted by molar-refractivity contribution is -0.118. The SMILES string of the molecule is [NH]C(=O)CCCNS(=O)(=O)C(F)(F)F. The Hall–Kier alpha value is -0.830. The number of nitrogens with one attached hydrogen (secondary N) is 2. The Bertz CT molecular complexity index is 298. The minimum atomic E-state index is -5.34. The number of carbonyl (C=O) groups is 1. The molecule has 0 heterocycles. The van der Waals surface area contributed by atoms with Gasteiger partial charge in [-0.15, -0.1) is 0 Å². The fourth-order valence-corrected chi connectivity index (χ4v) is 1.11. The molecule has 0 aromatic heterocycles. The summed E-state index contributed by atoms with van der Waals surface area (Å²) in [5.41, 5.74) is 1.06. The average Bonchev–Trinajstić information content (AvgIpc) is 1.95. The molecule has 0 rings (SSSR count). The summed E-state index contributed by atoms with van der Waals surface area (Å²) in [5, 5.41) is 0.